The smallest absolute Gasteiger partial charge is 0.277 e. The largest absolute Gasteiger partial charge is 0.411 e. The van der Waals surface area contributed by atoms with Gasteiger partial charge in [0.1, 0.15) is 17.3 Å². The molecule has 0 saturated heterocycles. The minimum Gasteiger partial charge on any atom is -0.411 e. The summed E-state index contributed by atoms with van der Waals surface area (Å²) in [6.07, 6.45) is 0. The van der Waals surface area contributed by atoms with Gasteiger partial charge in [0.2, 0.25) is 11.8 Å². The maximum Gasteiger partial charge on any atom is 0.277 e. The highest BCUT2D eigenvalue weighted by molar-refractivity contribution is 8.00. The summed E-state index contributed by atoms with van der Waals surface area (Å²) in [5.41, 5.74) is 1.39. The quantitative estimate of drug-likeness (QED) is 0.668. The van der Waals surface area contributed by atoms with Crippen molar-refractivity contribution in [2.24, 2.45) is 0 Å². The van der Waals surface area contributed by atoms with Crippen LogP contribution in [0.25, 0.3) is 11.5 Å². The third kappa shape index (κ3) is 4.08. The number of amides is 1. The van der Waals surface area contributed by atoms with Crippen molar-refractivity contribution in [2.75, 3.05) is 5.32 Å². The van der Waals surface area contributed by atoms with Gasteiger partial charge in [-0.25, -0.2) is 8.78 Å². The van der Waals surface area contributed by atoms with Crippen LogP contribution in [-0.4, -0.2) is 21.4 Å². The van der Waals surface area contributed by atoms with Crippen LogP contribution < -0.4 is 5.32 Å². The fourth-order valence-electron chi connectivity index (χ4n) is 2.12. The molecule has 0 unspecified atom stereocenters. The lowest BCUT2D eigenvalue weighted by atomic mass is 10.1. The fourth-order valence-corrected chi connectivity index (χ4v) is 2.80. The molecule has 3 aromatic rings. The second-order valence-corrected chi connectivity index (χ2v) is 6.88. The zero-order valence-corrected chi connectivity index (χ0v) is 14.8. The van der Waals surface area contributed by atoms with Gasteiger partial charge in [-0.3, -0.25) is 4.79 Å². The van der Waals surface area contributed by atoms with Crippen molar-refractivity contribution >= 4 is 23.4 Å². The van der Waals surface area contributed by atoms with Gasteiger partial charge in [0.15, 0.2) is 0 Å². The number of benzene rings is 2. The molecule has 26 heavy (non-hydrogen) atoms. The summed E-state index contributed by atoms with van der Waals surface area (Å²) in [5.74, 6) is -1.92. The van der Waals surface area contributed by atoms with Gasteiger partial charge in [-0.05, 0) is 38.1 Å². The summed E-state index contributed by atoms with van der Waals surface area (Å²) >= 11 is 1.00. The number of rotatable bonds is 5. The zero-order chi connectivity index (χ0) is 18.7. The van der Waals surface area contributed by atoms with Crippen LogP contribution in [0.5, 0.6) is 0 Å². The number of nitrogens with zero attached hydrogens (tertiary/aromatic N) is 2. The summed E-state index contributed by atoms with van der Waals surface area (Å²) in [7, 11) is 0. The van der Waals surface area contributed by atoms with Crippen molar-refractivity contribution in [3.8, 4) is 11.5 Å². The molecule has 0 radical (unpaired) electrons. The Morgan fingerprint density at radius 3 is 2.42 bits per heavy atom. The predicted octanol–water partition coefficient (Wildman–Crippen LogP) is 4.44. The molecule has 8 heteroatoms. The highest BCUT2D eigenvalue weighted by Crippen LogP contribution is 2.27. The van der Waals surface area contributed by atoms with E-state index in [0.717, 1.165) is 35.0 Å². The van der Waals surface area contributed by atoms with Crippen LogP contribution in [0, 0.1) is 18.6 Å². The monoisotopic (exact) mass is 375 g/mol. The Hall–Kier alpha value is -2.74. The standard InChI is InChI=1S/C18H15F2N3O2S/c1-10-6-8-12(9-7-10)17-22-23-18(25-17)26-11(2)16(24)21-15-13(19)4-3-5-14(15)20/h3-9,11H,1-2H3,(H,21,24)/t11-/m0/s1. The SMILES string of the molecule is Cc1ccc(-c2nnc(S[C@@H](C)C(=O)Nc3c(F)cccc3F)o2)cc1. The second-order valence-electron chi connectivity index (χ2n) is 5.59. The molecule has 0 bridgehead atoms. The van der Waals surface area contributed by atoms with Gasteiger partial charge >= 0.3 is 0 Å². The molecule has 1 atom stereocenters. The molecule has 2 aromatic carbocycles. The molecule has 0 aliphatic rings. The van der Waals surface area contributed by atoms with Crippen LogP contribution >= 0.6 is 11.8 Å². The summed E-state index contributed by atoms with van der Waals surface area (Å²) < 4.78 is 32.8. The van der Waals surface area contributed by atoms with Crippen LogP contribution in [0.3, 0.4) is 0 Å². The predicted molar refractivity (Wildman–Crippen MR) is 94.8 cm³/mol. The molecule has 0 aliphatic heterocycles. The first-order chi connectivity index (χ1) is 12.4. The van der Waals surface area contributed by atoms with Crippen LogP contribution in [-0.2, 0) is 4.79 Å². The van der Waals surface area contributed by atoms with Crippen LogP contribution in [0.15, 0.2) is 52.1 Å². The van der Waals surface area contributed by atoms with E-state index in [0.29, 0.717) is 5.89 Å². The minimum absolute atomic E-state index is 0.192. The maximum absolute atomic E-state index is 13.6. The molecule has 134 valence electrons. The van der Waals surface area contributed by atoms with E-state index in [1.165, 1.54) is 6.07 Å². The first kappa shape index (κ1) is 18.1. The van der Waals surface area contributed by atoms with Gasteiger partial charge in [-0.2, -0.15) is 0 Å². The van der Waals surface area contributed by atoms with E-state index in [1.807, 2.05) is 31.2 Å². The van der Waals surface area contributed by atoms with Crippen molar-refractivity contribution in [2.45, 2.75) is 24.3 Å². The van der Waals surface area contributed by atoms with Gasteiger partial charge in [-0.15, -0.1) is 10.2 Å². The first-order valence-electron chi connectivity index (χ1n) is 7.76. The number of nitrogens with one attached hydrogen (secondary N) is 1. The number of halogens is 2. The Bertz CT molecular complexity index is 908. The number of carbonyl (C=O) groups is 1. The Labute approximate surface area is 152 Å². The molecule has 5 nitrogen and oxygen atoms in total. The van der Waals surface area contributed by atoms with Crippen molar-refractivity contribution in [3.05, 3.63) is 59.7 Å². The highest BCUT2D eigenvalue weighted by Gasteiger charge is 2.21. The lowest BCUT2D eigenvalue weighted by molar-refractivity contribution is -0.115. The fraction of sp³-hybridized carbons (Fsp3) is 0.167. The molecule has 1 N–H and O–H groups in total. The average Bonchev–Trinajstić information content (AvgIpc) is 3.07. The summed E-state index contributed by atoms with van der Waals surface area (Å²) in [6.45, 7) is 3.55. The number of hydrogen-bond donors (Lipinski definition) is 1. The topological polar surface area (TPSA) is 68.0 Å². The van der Waals surface area contributed by atoms with Crippen LogP contribution in [0.1, 0.15) is 12.5 Å². The average molecular weight is 375 g/mol. The van der Waals surface area contributed by atoms with Gasteiger partial charge in [0.05, 0.1) is 5.25 Å². The van der Waals surface area contributed by atoms with Crippen molar-refractivity contribution < 1.29 is 18.0 Å². The number of aromatic nitrogens is 2. The molecule has 1 heterocycles. The van der Waals surface area contributed by atoms with Crippen molar-refractivity contribution in [1.82, 2.24) is 10.2 Å². The number of carbonyl (C=O) groups excluding carboxylic acids is 1. The van der Waals surface area contributed by atoms with Crippen molar-refractivity contribution in [1.29, 1.82) is 0 Å². The number of aryl methyl sites for hydroxylation is 1. The van der Waals surface area contributed by atoms with E-state index < -0.39 is 28.5 Å². The molecule has 0 fully saturated rings. The zero-order valence-electron chi connectivity index (χ0n) is 14.0. The normalized spacial score (nSPS) is 12.0. The summed E-state index contributed by atoms with van der Waals surface area (Å²) in [6, 6.07) is 10.9. The molecule has 3 rings (SSSR count). The first-order valence-corrected chi connectivity index (χ1v) is 8.64. The maximum atomic E-state index is 13.6. The molecular formula is C18H15F2N3O2S. The Morgan fingerprint density at radius 2 is 1.77 bits per heavy atom. The summed E-state index contributed by atoms with van der Waals surface area (Å²) in [4.78, 5) is 12.2. The third-order valence-electron chi connectivity index (χ3n) is 3.56. The van der Waals surface area contributed by atoms with Crippen LogP contribution in [0.2, 0.25) is 0 Å². The molecule has 0 saturated carbocycles. The Morgan fingerprint density at radius 1 is 1.12 bits per heavy atom. The van der Waals surface area contributed by atoms with Crippen molar-refractivity contribution in [3.63, 3.8) is 0 Å². The molecule has 1 aromatic heterocycles. The molecular weight excluding hydrogens is 360 g/mol. The van der Waals surface area contributed by atoms with E-state index in [1.54, 1.807) is 6.92 Å². The van der Waals surface area contributed by atoms with E-state index in [-0.39, 0.29) is 5.22 Å². The Balaban J connectivity index is 1.67. The van der Waals surface area contributed by atoms with Gasteiger partial charge in [0, 0.05) is 5.56 Å². The van der Waals surface area contributed by atoms with E-state index in [9.17, 15) is 13.6 Å². The Kier molecular flexibility index (Phi) is 5.32. The van der Waals surface area contributed by atoms with E-state index in [4.69, 9.17) is 4.42 Å². The lowest BCUT2D eigenvalue weighted by Crippen LogP contribution is -2.23. The molecule has 0 aliphatic carbocycles. The lowest BCUT2D eigenvalue weighted by Gasteiger charge is -2.11. The van der Waals surface area contributed by atoms with E-state index in [2.05, 4.69) is 15.5 Å². The van der Waals surface area contributed by atoms with Gasteiger partial charge in [-0.1, -0.05) is 35.5 Å². The van der Waals surface area contributed by atoms with Crippen LogP contribution in [0.4, 0.5) is 14.5 Å². The number of anilines is 1. The van der Waals surface area contributed by atoms with Gasteiger partial charge in [0.25, 0.3) is 5.22 Å². The second kappa shape index (κ2) is 7.65. The molecule has 0 spiro atoms. The number of hydrogen-bond acceptors (Lipinski definition) is 5. The summed E-state index contributed by atoms with van der Waals surface area (Å²) in [5, 5.41) is 9.59. The number of para-hydroxylation sites is 1. The highest BCUT2D eigenvalue weighted by atomic mass is 32.2. The van der Waals surface area contributed by atoms with Gasteiger partial charge < -0.3 is 9.73 Å². The minimum atomic E-state index is -0.838. The molecule has 1 amide bonds. The third-order valence-corrected chi connectivity index (χ3v) is 4.50. The number of thioether (sulfide) groups is 1. The van der Waals surface area contributed by atoms with E-state index >= 15 is 0 Å².